The standard InChI is InChI=1S/C13H24N2O/c1-15(11-6-4-7-11)13(16)9-10-5-2-3-8-12(10)14/h10-12H,2-9,14H2,1H3. The molecule has 2 fully saturated rings. The van der Waals surface area contributed by atoms with Gasteiger partial charge in [-0.1, -0.05) is 12.8 Å². The van der Waals surface area contributed by atoms with Crippen LogP contribution in [0.25, 0.3) is 0 Å². The van der Waals surface area contributed by atoms with Gasteiger partial charge in [-0.3, -0.25) is 4.79 Å². The van der Waals surface area contributed by atoms with Crippen LogP contribution in [-0.4, -0.2) is 29.9 Å². The molecule has 0 aromatic heterocycles. The fraction of sp³-hybridized carbons (Fsp3) is 0.923. The molecule has 0 saturated heterocycles. The third-order valence-corrected chi connectivity index (χ3v) is 4.42. The van der Waals surface area contributed by atoms with Crippen molar-refractivity contribution in [3.05, 3.63) is 0 Å². The van der Waals surface area contributed by atoms with Crippen LogP contribution in [0.2, 0.25) is 0 Å². The van der Waals surface area contributed by atoms with Crippen LogP contribution in [0.1, 0.15) is 51.4 Å². The average Bonchev–Trinajstić information content (AvgIpc) is 2.18. The second-order valence-electron chi connectivity index (χ2n) is 5.50. The van der Waals surface area contributed by atoms with E-state index in [4.69, 9.17) is 5.73 Å². The van der Waals surface area contributed by atoms with E-state index in [0.717, 1.165) is 12.8 Å². The topological polar surface area (TPSA) is 46.3 Å². The highest BCUT2D eigenvalue weighted by atomic mass is 16.2. The summed E-state index contributed by atoms with van der Waals surface area (Å²) in [5.41, 5.74) is 6.08. The molecule has 0 aromatic rings. The maximum atomic E-state index is 12.1. The van der Waals surface area contributed by atoms with Gasteiger partial charge in [0.05, 0.1) is 0 Å². The van der Waals surface area contributed by atoms with Crippen LogP contribution in [0.5, 0.6) is 0 Å². The summed E-state index contributed by atoms with van der Waals surface area (Å²) in [4.78, 5) is 14.0. The highest BCUT2D eigenvalue weighted by molar-refractivity contribution is 5.76. The molecular weight excluding hydrogens is 200 g/mol. The molecule has 0 heterocycles. The second kappa shape index (κ2) is 5.17. The van der Waals surface area contributed by atoms with Crippen LogP contribution in [0.15, 0.2) is 0 Å². The number of carbonyl (C=O) groups is 1. The van der Waals surface area contributed by atoms with Crippen LogP contribution >= 0.6 is 0 Å². The number of nitrogens with zero attached hydrogens (tertiary/aromatic N) is 1. The van der Waals surface area contributed by atoms with Crippen LogP contribution in [0.3, 0.4) is 0 Å². The Hall–Kier alpha value is -0.570. The molecule has 2 rings (SSSR count). The maximum Gasteiger partial charge on any atom is 0.222 e. The lowest BCUT2D eigenvalue weighted by Crippen LogP contribution is -2.44. The van der Waals surface area contributed by atoms with Gasteiger partial charge in [-0.25, -0.2) is 0 Å². The minimum absolute atomic E-state index is 0.257. The number of hydrogen-bond acceptors (Lipinski definition) is 2. The number of carbonyl (C=O) groups excluding carboxylic acids is 1. The number of rotatable bonds is 3. The quantitative estimate of drug-likeness (QED) is 0.796. The van der Waals surface area contributed by atoms with Gasteiger partial charge in [-0.05, 0) is 38.0 Å². The van der Waals surface area contributed by atoms with E-state index in [1.165, 1.54) is 32.1 Å². The molecule has 0 aliphatic heterocycles. The minimum Gasteiger partial charge on any atom is -0.343 e. The summed E-state index contributed by atoms with van der Waals surface area (Å²) in [5, 5.41) is 0. The molecule has 0 radical (unpaired) electrons. The first-order valence-corrected chi connectivity index (χ1v) is 6.69. The first kappa shape index (κ1) is 11.9. The first-order chi connectivity index (χ1) is 7.68. The van der Waals surface area contributed by atoms with Gasteiger partial charge in [0, 0.05) is 25.6 Å². The van der Waals surface area contributed by atoms with Gasteiger partial charge in [0.25, 0.3) is 0 Å². The molecule has 1 amide bonds. The predicted molar refractivity (Wildman–Crippen MR) is 65.0 cm³/mol. The van der Waals surface area contributed by atoms with Crippen molar-refractivity contribution in [2.75, 3.05) is 7.05 Å². The molecule has 2 unspecified atom stereocenters. The number of hydrogen-bond donors (Lipinski definition) is 1. The van der Waals surface area contributed by atoms with Crippen molar-refractivity contribution >= 4 is 5.91 Å². The van der Waals surface area contributed by atoms with E-state index >= 15 is 0 Å². The van der Waals surface area contributed by atoms with Crippen LogP contribution in [0, 0.1) is 5.92 Å². The summed E-state index contributed by atoms with van der Waals surface area (Å²) in [5.74, 6) is 0.746. The maximum absolute atomic E-state index is 12.1. The first-order valence-electron chi connectivity index (χ1n) is 6.69. The van der Waals surface area contributed by atoms with Gasteiger partial charge in [-0.2, -0.15) is 0 Å². The molecule has 3 heteroatoms. The molecule has 92 valence electrons. The Balaban J connectivity index is 1.80. The lowest BCUT2D eigenvalue weighted by Gasteiger charge is -2.36. The number of amides is 1. The molecule has 0 bridgehead atoms. The van der Waals surface area contributed by atoms with E-state index in [1.807, 2.05) is 11.9 Å². The van der Waals surface area contributed by atoms with Crippen molar-refractivity contribution in [3.63, 3.8) is 0 Å². The minimum atomic E-state index is 0.257. The second-order valence-corrected chi connectivity index (χ2v) is 5.50. The summed E-state index contributed by atoms with van der Waals surface area (Å²) in [7, 11) is 1.96. The Bertz CT molecular complexity index is 250. The van der Waals surface area contributed by atoms with Crippen LogP contribution in [-0.2, 0) is 4.79 Å². The van der Waals surface area contributed by atoms with Crippen molar-refractivity contribution < 1.29 is 4.79 Å². The summed E-state index contributed by atoms with van der Waals surface area (Å²) >= 11 is 0. The van der Waals surface area contributed by atoms with E-state index in [9.17, 15) is 4.79 Å². The van der Waals surface area contributed by atoms with Crippen LogP contribution in [0.4, 0.5) is 0 Å². The largest absolute Gasteiger partial charge is 0.343 e. The van der Waals surface area contributed by atoms with E-state index < -0.39 is 0 Å². The summed E-state index contributed by atoms with van der Waals surface area (Å²) in [6, 6.07) is 0.778. The van der Waals surface area contributed by atoms with Crippen molar-refractivity contribution in [2.45, 2.75) is 63.5 Å². The summed E-state index contributed by atoms with van der Waals surface area (Å²) in [6.07, 6.45) is 9.08. The van der Waals surface area contributed by atoms with Crippen molar-refractivity contribution in [2.24, 2.45) is 11.7 Å². The van der Waals surface area contributed by atoms with Crippen molar-refractivity contribution in [1.29, 1.82) is 0 Å². The highest BCUT2D eigenvalue weighted by Crippen LogP contribution is 2.28. The average molecular weight is 224 g/mol. The molecule has 2 saturated carbocycles. The third kappa shape index (κ3) is 2.57. The molecule has 2 atom stereocenters. The van der Waals surface area contributed by atoms with E-state index in [-0.39, 0.29) is 6.04 Å². The zero-order valence-electron chi connectivity index (χ0n) is 10.3. The molecule has 3 nitrogen and oxygen atoms in total. The van der Waals surface area contributed by atoms with Gasteiger partial charge in [0.1, 0.15) is 0 Å². The van der Waals surface area contributed by atoms with Crippen molar-refractivity contribution in [3.8, 4) is 0 Å². The molecular formula is C13H24N2O. The number of nitrogens with two attached hydrogens (primary N) is 1. The van der Waals surface area contributed by atoms with Gasteiger partial charge < -0.3 is 10.6 Å². The van der Waals surface area contributed by atoms with Crippen LogP contribution < -0.4 is 5.73 Å². The van der Waals surface area contributed by atoms with Gasteiger partial charge in [0.15, 0.2) is 0 Å². The summed E-state index contributed by atoms with van der Waals surface area (Å²) < 4.78 is 0. The Kier molecular flexibility index (Phi) is 3.85. The zero-order chi connectivity index (χ0) is 11.5. The van der Waals surface area contributed by atoms with Gasteiger partial charge in [-0.15, -0.1) is 0 Å². The van der Waals surface area contributed by atoms with E-state index in [0.29, 0.717) is 24.3 Å². The Morgan fingerprint density at radius 3 is 2.44 bits per heavy atom. The fourth-order valence-corrected chi connectivity index (χ4v) is 2.84. The SMILES string of the molecule is CN(C(=O)CC1CCCCC1N)C1CCC1. The fourth-order valence-electron chi connectivity index (χ4n) is 2.84. The van der Waals surface area contributed by atoms with E-state index in [2.05, 4.69) is 0 Å². The molecule has 0 spiro atoms. The van der Waals surface area contributed by atoms with Gasteiger partial charge in [0.2, 0.25) is 5.91 Å². The lowest BCUT2D eigenvalue weighted by atomic mass is 9.82. The lowest BCUT2D eigenvalue weighted by molar-refractivity contribution is -0.134. The Labute approximate surface area is 98.4 Å². The van der Waals surface area contributed by atoms with Gasteiger partial charge >= 0.3 is 0 Å². The Morgan fingerprint density at radius 2 is 1.88 bits per heavy atom. The molecule has 2 N–H and O–H groups in total. The zero-order valence-corrected chi connectivity index (χ0v) is 10.3. The highest BCUT2D eigenvalue weighted by Gasteiger charge is 2.29. The summed E-state index contributed by atoms with van der Waals surface area (Å²) in [6.45, 7) is 0. The molecule has 0 aromatic carbocycles. The van der Waals surface area contributed by atoms with E-state index in [1.54, 1.807) is 0 Å². The molecule has 2 aliphatic rings. The molecule has 2 aliphatic carbocycles. The van der Waals surface area contributed by atoms with Crippen molar-refractivity contribution in [1.82, 2.24) is 4.90 Å². The third-order valence-electron chi connectivity index (χ3n) is 4.42. The predicted octanol–water partition coefficient (Wildman–Crippen LogP) is 1.90. The normalized spacial score (nSPS) is 30.9. The smallest absolute Gasteiger partial charge is 0.222 e. The Morgan fingerprint density at radius 1 is 1.19 bits per heavy atom. The monoisotopic (exact) mass is 224 g/mol. The molecule has 16 heavy (non-hydrogen) atoms.